The Balaban J connectivity index is 1.62. The molecule has 1 atom stereocenters. The maximum Gasteiger partial charge on any atom is 0.225 e. The van der Waals surface area contributed by atoms with Gasteiger partial charge in [0.25, 0.3) is 0 Å². The molecule has 7 heteroatoms. The van der Waals surface area contributed by atoms with Crippen LogP contribution in [0.25, 0.3) is 0 Å². The molecule has 0 N–H and O–H groups in total. The van der Waals surface area contributed by atoms with Crippen LogP contribution < -0.4 is 0 Å². The molecule has 3 heterocycles. The van der Waals surface area contributed by atoms with Crippen LogP contribution in [-0.2, 0) is 26.0 Å². The largest absolute Gasteiger partial charge is 0.375 e. The fourth-order valence-electron chi connectivity index (χ4n) is 3.62. The first-order valence-corrected chi connectivity index (χ1v) is 10.00. The molecule has 2 aliphatic heterocycles. The van der Waals surface area contributed by atoms with Gasteiger partial charge in [0.2, 0.25) is 5.91 Å². The molecule has 2 saturated heterocycles. The van der Waals surface area contributed by atoms with Gasteiger partial charge >= 0.3 is 0 Å². The molecular formula is C17H24N2O4S. The number of amides is 1. The van der Waals surface area contributed by atoms with Gasteiger partial charge in [0.05, 0.1) is 24.7 Å². The molecule has 1 amide bonds. The van der Waals surface area contributed by atoms with E-state index in [0.29, 0.717) is 32.7 Å². The number of sulfone groups is 1. The number of rotatable bonds is 5. The topological polar surface area (TPSA) is 76.6 Å². The maximum absolute atomic E-state index is 12.5. The van der Waals surface area contributed by atoms with Gasteiger partial charge in [-0.25, -0.2) is 8.42 Å². The molecule has 2 fully saturated rings. The highest BCUT2D eigenvalue weighted by molar-refractivity contribution is 7.93. The average Bonchev–Trinajstić information content (AvgIpc) is 2.77. The predicted octanol–water partition coefficient (Wildman–Crippen LogP) is 1.27. The van der Waals surface area contributed by atoms with Crippen molar-refractivity contribution in [3.63, 3.8) is 0 Å². The van der Waals surface area contributed by atoms with E-state index in [2.05, 4.69) is 4.98 Å². The molecule has 6 nitrogen and oxygen atoms in total. The third-order valence-corrected chi connectivity index (χ3v) is 7.72. The maximum atomic E-state index is 12.5. The molecule has 1 aromatic rings. The number of carbonyl (C=O) groups is 1. The van der Waals surface area contributed by atoms with E-state index in [1.54, 1.807) is 11.1 Å². The van der Waals surface area contributed by atoms with Crippen molar-refractivity contribution in [3.8, 4) is 0 Å². The first kappa shape index (κ1) is 17.4. The van der Waals surface area contributed by atoms with Crippen molar-refractivity contribution in [2.75, 3.05) is 25.4 Å². The van der Waals surface area contributed by atoms with Crippen LogP contribution in [0.2, 0.25) is 0 Å². The van der Waals surface area contributed by atoms with E-state index in [9.17, 15) is 13.2 Å². The molecule has 2 aliphatic rings. The molecule has 0 bridgehead atoms. The fraction of sp³-hybridized carbons (Fsp3) is 0.647. The van der Waals surface area contributed by atoms with Crippen LogP contribution in [0.15, 0.2) is 24.4 Å². The Bertz CT molecular complexity index is 697. The molecule has 0 saturated carbocycles. The Hall–Kier alpha value is -1.47. The smallest absolute Gasteiger partial charge is 0.225 e. The van der Waals surface area contributed by atoms with Crippen molar-refractivity contribution in [2.45, 2.75) is 31.6 Å². The highest BCUT2D eigenvalue weighted by Gasteiger charge is 2.62. The van der Waals surface area contributed by atoms with E-state index >= 15 is 0 Å². The second-order valence-corrected chi connectivity index (χ2v) is 9.51. The SMILES string of the molecule is CC(C)C(=O)N1CC2(C1)C(COCc1ccccn1)CCS2(=O)=O. The molecule has 0 aliphatic carbocycles. The van der Waals surface area contributed by atoms with E-state index in [0.717, 1.165) is 5.69 Å². The van der Waals surface area contributed by atoms with Gasteiger partial charge in [-0.15, -0.1) is 0 Å². The lowest BCUT2D eigenvalue weighted by molar-refractivity contribution is -0.141. The summed E-state index contributed by atoms with van der Waals surface area (Å²) >= 11 is 0. The van der Waals surface area contributed by atoms with Crippen molar-refractivity contribution in [1.82, 2.24) is 9.88 Å². The van der Waals surface area contributed by atoms with Crippen LogP contribution in [-0.4, -0.2) is 54.4 Å². The summed E-state index contributed by atoms with van der Waals surface area (Å²) in [7, 11) is -3.18. The quantitative estimate of drug-likeness (QED) is 0.798. The number of pyridine rings is 1. The van der Waals surface area contributed by atoms with Crippen LogP contribution in [0, 0.1) is 11.8 Å². The molecule has 24 heavy (non-hydrogen) atoms. The summed E-state index contributed by atoms with van der Waals surface area (Å²) in [6.07, 6.45) is 2.32. The fourth-order valence-corrected chi connectivity index (χ4v) is 6.02. The zero-order valence-electron chi connectivity index (χ0n) is 14.1. The standard InChI is InChI=1S/C17H24N2O4S/c1-13(2)16(20)19-11-17(12-19)14(6-8-24(17,21)22)9-23-10-15-5-3-4-7-18-15/h3-5,7,13-14H,6,8-12H2,1-2H3. The molecule has 1 aromatic heterocycles. The molecule has 3 rings (SSSR count). The zero-order chi connectivity index (χ0) is 17.4. The molecule has 0 radical (unpaired) electrons. The Morgan fingerprint density at radius 2 is 2.17 bits per heavy atom. The highest BCUT2D eigenvalue weighted by atomic mass is 32.2. The lowest BCUT2D eigenvalue weighted by Crippen LogP contribution is -2.69. The second kappa shape index (κ2) is 6.44. The van der Waals surface area contributed by atoms with Gasteiger partial charge in [-0.3, -0.25) is 9.78 Å². The molecule has 1 unspecified atom stereocenters. The number of hydrogen-bond acceptors (Lipinski definition) is 5. The second-order valence-electron chi connectivity index (χ2n) is 7.05. The van der Waals surface area contributed by atoms with Crippen molar-refractivity contribution >= 4 is 15.7 Å². The monoisotopic (exact) mass is 352 g/mol. The zero-order valence-corrected chi connectivity index (χ0v) is 15.0. The summed E-state index contributed by atoms with van der Waals surface area (Å²) in [6, 6.07) is 5.62. The summed E-state index contributed by atoms with van der Waals surface area (Å²) in [6.45, 7) is 5.06. The molecule has 1 spiro atoms. The number of aromatic nitrogens is 1. The van der Waals surface area contributed by atoms with E-state index in [1.165, 1.54) is 0 Å². The van der Waals surface area contributed by atoms with Crippen LogP contribution in [0.4, 0.5) is 0 Å². The number of nitrogens with zero attached hydrogens (tertiary/aromatic N) is 2. The number of likely N-dealkylation sites (tertiary alicyclic amines) is 1. The third kappa shape index (κ3) is 2.95. The summed E-state index contributed by atoms with van der Waals surface area (Å²) in [4.78, 5) is 17.9. The van der Waals surface area contributed by atoms with Gasteiger partial charge in [0.1, 0.15) is 4.75 Å². The summed E-state index contributed by atoms with van der Waals surface area (Å²) < 4.78 is 30.0. The van der Waals surface area contributed by atoms with Gasteiger partial charge in [-0.1, -0.05) is 19.9 Å². The van der Waals surface area contributed by atoms with Crippen molar-refractivity contribution in [2.24, 2.45) is 11.8 Å². The average molecular weight is 352 g/mol. The normalized spacial score (nSPS) is 24.3. The number of hydrogen-bond donors (Lipinski definition) is 0. The Morgan fingerprint density at radius 1 is 1.42 bits per heavy atom. The van der Waals surface area contributed by atoms with E-state index in [-0.39, 0.29) is 23.5 Å². The summed E-state index contributed by atoms with van der Waals surface area (Å²) in [5.41, 5.74) is 0.831. The van der Waals surface area contributed by atoms with Gasteiger partial charge in [-0.05, 0) is 18.6 Å². The Kier molecular flexibility index (Phi) is 4.66. The van der Waals surface area contributed by atoms with Crippen LogP contribution >= 0.6 is 0 Å². The van der Waals surface area contributed by atoms with Gasteiger partial charge in [0, 0.05) is 31.1 Å². The predicted molar refractivity (Wildman–Crippen MR) is 89.9 cm³/mol. The first-order valence-electron chi connectivity index (χ1n) is 8.34. The lowest BCUT2D eigenvalue weighted by Gasteiger charge is -2.50. The van der Waals surface area contributed by atoms with Crippen molar-refractivity contribution in [3.05, 3.63) is 30.1 Å². The minimum absolute atomic E-state index is 0.0240. The molecule has 132 valence electrons. The number of ether oxygens (including phenoxy) is 1. The highest BCUT2D eigenvalue weighted by Crippen LogP contribution is 2.45. The third-order valence-electron chi connectivity index (χ3n) is 5.12. The van der Waals surface area contributed by atoms with E-state index < -0.39 is 14.6 Å². The summed E-state index contributed by atoms with van der Waals surface area (Å²) in [5.74, 6) is 0.0533. The number of carbonyl (C=O) groups excluding carboxylic acids is 1. The summed E-state index contributed by atoms with van der Waals surface area (Å²) in [5, 5.41) is 0. The minimum Gasteiger partial charge on any atom is -0.375 e. The minimum atomic E-state index is -3.18. The molecular weight excluding hydrogens is 328 g/mol. The van der Waals surface area contributed by atoms with Crippen LogP contribution in [0.5, 0.6) is 0 Å². The lowest BCUT2D eigenvalue weighted by atomic mass is 9.83. The van der Waals surface area contributed by atoms with E-state index in [1.807, 2.05) is 32.0 Å². The first-order chi connectivity index (χ1) is 11.4. The van der Waals surface area contributed by atoms with Gasteiger partial charge in [-0.2, -0.15) is 0 Å². The van der Waals surface area contributed by atoms with Crippen LogP contribution in [0.3, 0.4) is 0 Å². The van der Waals surface area contributed by atoms with Crippen molar-refractivity contribution < 1.29 is 17.9 Å². The Labute approximate surface area is 143 Å². The molecule has 0 aromatic carbocycles. The van der Waals surface area contributed by atoms with E-state index in [4.69, 9.17) is 4.74 Å². The van der Waals surface area contributed by atoms with Crippen molar-refractivity contribution in [1.29, 1.82) is 0 Å². The van der Waals surface area contributed by atoms with Crippen LogP contribution in [0.1, 0.15) is 26.0 Å². The van der Waals surface area contributed by atoms with Gasteiger partial charge < -0.3 is 9.64 Å². The van der Waals surface area contributed by atoms with Gasteiger partial charge in [0.15, 0.2) is 9.84 Å². The Morgan fingerprint density at radius 3 is 2.79 bits per heavy atom.